The minimum absolute atomic E-state index is 0.0560. The summed E-state index contributed by atoms with van der Waals surface area (Å²) in [4.78, 5) is 16.6. The lowest BCUT2D eigenvalue weighted by Gasteiger charge is -2.43. The van der Waals surface area contributed by atoms with Crippen molar-refractivity contribution in [2.24, 2.45) is 5.92 Å². The van der Waals surface area contributed by atoms with Crippen LogP contribution < -0.4 is 5.32 Å². The minimum atomic E-state index is 0.0560. The summed E-state index contributed by atoms with van der Waals surface area (Å²) >= 11 is 0. The van der Waals surface area contributed by atoms with E-state index in [1.54, 1.807) is 0 Å². The zero-order valence-electron chi connectivity index (χ0n) is 13.4. The number of nitrogens with zero attached hydrogens (tertiary/aromatic N) is 2. The number of ether oxygens (including phenoxy) is 1. The van der Waals surface area contributed by atoms with E-state index in [1.165, 1.54) is 0 Å². The van der Waals surface area contributed by atoms with Crippen LogP contribution in [0, 0.1) is 5.92 Å². The molecule has 3 rings (SSSR count). The Morgan fingerprint density at radius 2 is 2.33 bits per heavy atom. The zero-order valence-corrected chi connectivity index (χ0v) is 13.4. The van der Waals surface area contributed by atoms with E-state index in [2.05, 4.69) is 29.0 Å². The Labute approximate surface area is 128 Å². The second-order valence-electron chi connectivity index (χ2n) is 7.24. The van der Waals surface area contributed by atoms with Crippen molar-refractivity contribution in [3.05, 3.63) is 0 Å². The summed E-state index contributed by atoms with van der Waals surface area (Å²) in [6.45, 7) is 11.3. The molecule has 1 N–H and O–H groups in total. The summed E-state index contributed by atoms with van der Waals surface area (Å²) in [6.07, 6.45) is 2.90. The first-order chi connectivity index (χ1) is 10.1. The molecule has 5 nitrogen and oxygen atoms in total. The van der Waals surface area contributed by atoms with E-state index in [0.29, 0.717) is 17.9 Å². The first kappa shape index (κ1) is 15.3. The summed E-state index contributed by atoms with van der Waals surface area (Å²) in [5.74, 6) is 0.953. The van der Waals surface area contributed by atoms with Crippen molar-refractivity contribution in [3.63, 3.8) is 0 Å². The molecule has 0 aromatic rings. The Morgan fingerprint density at radius 3 is 3.05 bits per heavy atom. The van der Waals surface area contributed by atoms with Crippen LogP contribution >= 0.6 is 0 Å². The van der Waals surface area contributed by atoms with Gasteiger partial charge in [-0.1, -0.05) is 0 Å². The molecule has 2 atom stereocenters. The quantitative estimate of drug-likeness (QED) is 0.832. The molecule has 0 bridgehead atoms. The largest absolute Gasteiger partial charge is 0.371 e. The van der Waals surface area contributed by atoms with Crippen molar-refractivity contribution >= 4 is 5.91 Å². The van der Waals surface area contributed by atoms with E-state index in [9.17, 15) is 4.79 Å². The first-order valence-corrected chi connectivity index (χ1v) is 8.44. The smallest absolute Gasteiger partial charge is 0.222 e. The zero-order chi connectivity index (χ0) is 14.9. The molecular weight excluding hydrogens is 266 g/mol. The Hall–Kier alpha value is -0.650. The normalized spacial score (nSPS) is 35.1. The SMILES string of the molecule is CC(C)N1CC(CN2CCOC3(CCNC3)C2)CCC1=O. The van der Waals surface area contributed by atoms with Gasteiger partial charge < -0.3 is 15.0 Å². The molecule has 3 aliphatic heterocycles. The number of morpholine rings is 1. The van der Waals surface area contributed by atoms with Crippen LogP contribution in [0.15, 0.2) is 0 Å². The average Bonchev–Trinajstić information content (AvgIpc) is 2.88. The van der Waals surface area contributed by atoms with E-state index >= 15 is 0 Å². The maximum Gasteiger partial charge on any atom is 0.222 e. The predicted octanol–water partition coefficient (Wildman–Crippen LogP) is 0.698. The minimum Gasteiger partial charge on any atom is -0.371 e. The van der Waals surface area contributed by atoms with Gasteiger partial charge in [-0.05, 0) is 39.2 Å². The van der Waals surface area contributed by atoms with Gasteiger partial charge in [-0.25, -0.2) is 0 Å². The topological polar surface area (TPSA) is 44.8 Å². The molecule has 120 valence electrons. The van der Waals surface area contributed by atoms with Gasteiger partial charge in [0.1, 0.15) is 0 Å². The fourth-order valence-electron chi connectivity index (χ4n) is 4.01. The fraction of sp³-hybridized carbons (Fsp3) is 0.938. The number of piperidine rings is 1. The van der Waals surface area contributed by atoms with E-state index < -0.39 is 0 Å². The molecular formula is C16H29N3O2. The predicted molar refractivity (Wildman–Crippen MR) is 82.2 cm³/mol. The van der Waals surface area contributed by atoms with Crippen molar-refractivity contribution < 1.29 is 9.53 Å². The molecule has 0 aliphatic carbocycles. The second-order valence-corrected chi connectivity index (χ2v) is 7.24. The van der Waals surface area contributed by atoms with Gasteiger partial charge >= 0.3 is 0 Å². The third-order valence-electron chi connectivity index (χ3n) is 5.21. The lowest BCUT2D eigenvalue weighted by Crippen LogP contribution is -2.55. The van der Waals surface area contributed by atoms with Crippen LogP contribution in [-0.2, 0) is 9.53 Å². The Balaban J connectivity index is 1.55. The molecule has 3 aliphatic rings. The molecule has 0 saturated carbocycles. The number of rotatable bonds is 3. The van der Waals surface area contributed by atoms with Gasteiger partial charge in [-0.15, -0.1) is 0 Å². The molecule has 2 unspecified atom stereocenters. The van der Waals surface area contributed by atoms with Crippen LogP contribution in [0.3, 0.4) is 0 Å². The van der Waals surface area contributed by atoms with Crippen LogP contribution in [-0.4, -0.2) is 73.2 Å². The second kappa shape index (κ2) is 6.23. The number of carbonyl (C=O) groups excluding carboxylic acids is 1. The average molecular weight is 295 g/mol. The molecule has 1 amide bonds. The molecule has 0 radical (unpaired) electrons. The Kier molecular flexibility index (Phi) is 4.52. The van der Waals surface area contributed by atoms with Gasteiger partial charge in [0, 0.05) is 45.2 Å². The number of hydrogen-bond donors (Lipinski definition) is 1. The molecule has 1 spiro atoms. The molecule has 3 saturated heterocycles. The van der Waals surface area contributed by atoms with E-state index in [-0.39, 0.29) is 5.60 Å². The van der Waals surface area contributed by atoms with Crippen molar-refractivity contribution in [1.29, 1.82) is 0 Å². The third kappa shape index (κ3) is 3.41. The van der Waals surface area contributed by atoms with Crippen LogP contribution in [0.2, 0.25) is 0 Å². The highest BCUT2D eigenvalue weighted by molar-refractivity contribution is 5.77. The fourth-order valence-corrected chi connectivity index (χ4v) is 4.01. The van der Waals surface area contributed by atoms with Gasteiger partial charge in [0.15, 0.2) is 0 Å². The first-order valence-electron chi connectivity index (χ1n) is 8.44. The van der Waals surface area contributed by atoms with E-state index in [4.69, 9.17) is 4.74 Å². The van der Waals surface area contributed by atoms with Crippen molar-refractivity contribution in [2.45, 2.75) is 44.8 Å². The number of amides is 1. The van der Waals surface area contributed by atoms with Crippen molar-refractivity contribution in [2.75, 3.05) is 45.9 Å². The van der Waals surface area contributed by atoms with E-state index in [0.717, 1.165) is 65.1 Å². The molecule has 3 heterocycles. The molecule has 0 aromatic carbocycles. The number of hydrogen-bond acceptors (Lipinski definition) is 4. The summed E-state index contributed by atoms with van der Waals surface area (Å²) in [5.41, 5.74) is 0.0560. The van der Waals surface area contributed by atoms with Crippen molar-refractivity contribution in [1.82, 2.24) is 15.1 Å². The molecule has 5 heteroatoms. The van der Waals surface area contributed by atoms with Crippen LogP contribution in [0.1, 0.15) is 33.1 Å². The third-order valence-corrected chi connectivity index (χ3v) is 5.21. The van der Waals surface area contributed by atoms with Gasteiger partial charge in [0.2, 0.25) is 5.91 Å². The van der Waals surface area contributed by atoms with Crippen LogP contribution in [0.4, 0.5) is 0 Å². The van der Waals surface area contributed by atoms with Gasteiger partial charge in [-0.3, -0.25) is 9.69 Å². The molecule has 3 fully saturated rings. The number of carbonyl (C=O) groups is 1. The number of likely N-dealkylation sites (tertiary alicyclic amines) is 1. The highest BCUT2D eigenvalue weighted by Gasteiger charge is 2.40. The highest BCUT2D eigenvalue weighted by Crippen LogP contribution is 2.27. The Bertz CT molecular complexity index is 380. The summed E-state index contributed by atoms with van der Waals surface area (Å²) < 4.78 is 6.05. The van der Waals surface area contributed by atoms with Crippen molar-refractivity contribution in [3.8, 4) is 0 Å². The number of nitrogens with one attached hydrogen (secondary N) is 1. The van der Waals surface area contributed by atoms with Crippen LogP contribution in [0.5, 0.6) is 0 Å². The maximum atomic E-state index is 12.0. The van der Waals surface area contributed by atoms with E-state index in [1.807, 2.05) is 0 Å². The monoisotopic (exact) mass is 295 g/mol. The molecule has 0 aromatic heterocycles. The Morgan fingerprint density at radius 1 is 1.48 bits per heavy atom. The lowest BCUT2D eigenvalue weighted by atomic mass is 9.94. The lowest BCUT2D eigenvalue weighted by molar-refractivity contribution is -0.138. The van der Waals surface area contributed by atoms with Gasteiger partial charge in [-0.2, -0.15) is 0 Å². The summed E-state index contributed by atoms with van der Waals surface area (Å²) in [7, 11) is 0. The summed E-state index contributed by atoms with van der Waals surface area (Å²) in [6, 6.07) is 0.329. The maximum absolute atomic E-state index is 12.0. The van der Waals surface area contributed by atoms with Gasteiger partial charge in [0.25, 0.3) is 0 Å². The van der Waals surface area contributed by atoms with Crippen LogP contribution in [0.25, 0.3) is 0 Å². The highest BCUT2D eigenvalue weighted by atomic mass is 16.5. The standard InChI is InChI=1S/C16H29N3O2/c1-13(2)19-10-14(3-4-15(19)20)9-18-7-8-21-16(12-18)5-6-17-11-16/h13-14,17H,3-12H2,1-2H3. The summed E-state index contributed by atoms with van der Waals surface area (Å²) in [5, 5.41) is 3.43. The molecule has 21 heavy (non-hydrogen) atoms. The van der Waals surface area contributed by atoms with Gasteiger partial charge in [0.05, 0.1) is 12.2 Å².